The van der Waals surface area contributed by atoms with Crippen LogP contribution in [0.1, 0.15) is 53.3 Å². The smallest absolute Gasteiger partial charge is 0.389 e. The van der Waals surface area contributed by atoms with E-state index in [4.69, 9.17) is 34.7 Å². The van der Waals surface area contributed by atoms with Crippen LogP contribution >= 0.6 is 23.2 Å². The van der Waals surface area contributed by atoms with E-state index >= 15 is 8.63 Å². The number of fused-ring (bicyclic) bond motifs is 8. The molecule has 0 bridgehead atoms. The summed E-state index contributed by atoms with van der Waals surface area (Å²) in [6.07, 6.45) is 11.1. The van der Waals surface area contributed by atoms with Gasteiger partial charge < -0.3 is 48.0 Å². The van der Waals surface area contributed by atoms with Crippen LogP contribution in [0.2, 0.25) is 5.02 Å². The lowest BCUT2D eigenvalue weighted by molar-refractivity contribution is -0.362. The summed E-state index contributed by atoms with van der Waals surface area (Å²) in [6.45, 7) is 7.91. The van der Waals surface area contributed by atoms with Crippen molar-refractivity contribution in [2.24, 2.45) is 11.5 Å². The fourth-order valence-corrected chi connectivity index (χ4v) is 11.6. The van der Waals surface area contributed by atoms with Crippen LogP contribution in [0.15, 0.2) is 120 Å². The molecule has 9 aromatic rings. The molecule has 14 nitrogen and oxygen atoms in total. The number of hydrogen-bond donors (Lipinski definition) is 2. The van der Waals surface area contributed by atoms with Crippen molar-refractivity contribution in [1.82, 2.24) is 53.4 Å². The molecule has 4 N–H and O–H groups in total. The molecule has 0 aliphatic carbocycles. The molecular weight excluding hydrogens is 988 g/mol. The molecule has 4 aromatic carbocycles. The van der Waals surface area contributed by atoms with E-state index in [-0.39, 0.29) is 21.5 Å². The van der Waals surface area contributed by atoms with Crippen molar-refractivity contribution in [2.45, 2.75) is 47.0 Å². The van der Waals surface area contributed by atoms with Gasteiger partial charge in [-0.1, -0.05) is 88.2 Å². The summed E-state index contributed by atoms with van der Waals surface area (Å²) in [5, 5.41) is 22.5. The second-order valence-corrected chi connectivity index (χ2v) is 20.6. The Hall–Kier alpha value is -6.99. The molecule has 0 saturated carbocycles. The van der Waals surface area contributed by atoms with Gasteiger partial charge in [0.25, 0.3) is 0 Å². The number of likely N-dealkylation sites (N-methyl/N-ethyl adjacent to an activating group) is 2. The maximum atomic E-state index is 17.8. The maximum Gasteiger partial charge on any atom is 0.738 e. The number of halogens is 4. The monoisotopic (exact) mass is 1050 g/mol. The van der Waals surface area contributed by atoms with Crippen molar-refractivity contribution in [3.05, 3.63) is 164 Å². The SMILES string of the molecule is CC1=C(Cl)C(/C=C/c2ccc3c(c2)c2ccccc2n3Cc2cn(CCN(C)CCN)nn2)=[N+]2C1=C(C)c1c(C)c(Cl)c(/C=C/c3ccc4c(c3)c3ccccc3n4Cc3cn(CCN(C)CCN)nn3)n1[B-]2(F)F. The highest BCUT2D eigenvalue weighted by atomic mass is 35.5. The van der Waals surface area contributed by atoms with E-state index in [9.17, 15) is 0 Å². The molecule has 2 aliphatic heterocycles. The highest BCUT2D eigenvalue weighted by molar-refractivity contribution is 6.60. The Labute approximate surface area is 443 Å². The van der Waals surface area contributed by atoms with E-state index in [1.54, 1.807) is 26.0 Å². The number of nitrogens with zero attached hydrogens (tertiary/aromatic N) is 12. The third-order valence-corrected chi connectivity index (χ3v) is 15.8. The Bertz CT molecular complexity index is 3870. The van der Waals surface area contributed by atoms with Crippen LogP contribution in [-0.2, 0) is 26.2 Å². The van der Waals surface area contributed by atoms with Crippen molar-refractivity contribution in [3.63, 3.8) is 0 Å². The fraction of sp³-hybridized carbons (Fsp3) is 0.268. The van der Waals surface area contributed by atoms with Gasteiger partial charge >= 0.3 is 6.97 Å². The second-order valence-electron chi connectivity index (χ2n) is 19.9. The van der Waals surface area contributed by atoms with Gasteiger partial charge in [-0.2, -0.15) is 0 Å². The number of benzene rings is 4. The van der Waals surface area contributed by atoms with Crippen LogP contribution in [0.3, 0.4) is 0 Å². The first-order valence-corrected chi connectivity index (χ1v) is 26.1. The summed E-state index contributed by atoms with van der Waals surface area (Å²) in [6, 6.07) is 28.9. The fourth-order valence-electron chi connectivity index (χ4n) is 11.1. The standard InChI is InChI=1S/C56H59BCl2F2N14/c1-36-53(58)51(20-16-39-14-18-49-45(30-39)43-10-6-8-12-47(43)72(49)34-41-32-70(66-64-41)28-26-68(4)24-22-62)74-55(36)38(3)56-37(2)54(59)52(75(56)57(74,60)61)21-17-40-15-19-50-46(31-40)44-11-7-9-13-48(44)73(50)35-42-33-71(67-65-42)29-27-69(5)25-23-63/h6-21,30-33H,22-29,34-35,62-63H2,1-5H3/b20-16+,21-17+. The molecule has 0 fully saturated rings. The summed E-state index contributed by atoms with van der Waals surface area (Å²) in [4.78, 5) is 4.34. The third-order valence-electron chi connectivity index (χ3n) is 14.9. The van der Waals surface area contributed by atoms with Gasteiger partial charge in [-0.25, -0.2) is 0 Å². The van der Waals surface area contributed by atoms with Crippen LogP contribution < -0.4 is 11.5 Å². The van der Waals surface area contributed by atoms with Gasteiger partial charge in [-0.05, 0) is 100 Å². The van der Waals surface area contributed by atoms with E-state index in [0.717, 1.165) is 101 Å². The number of allylic oxidation sites excluding steroid dienone is 4. The summed E-state index contributed by atoms with van der Waals surface area (Å²) in [5.74, 6) is 0. The van der Waals surface area contributed by atoms with Gasteiger partial charge in [-0.15, -0.1) is 10.2 Å². The summed E-state index contributed by atoms with van der Waals surface area (Å²) < 4.78 is 46.1. The van der Waals surface area contributed by atoms with E-state index < -0.39 is 6.97 Å². The van der Waals surface area contributed by atoms with Gasteiger partial charge in [0.15, 0.2) is 11.4 Å². The molecule has 0 spiro atoms. The molecule has 7 heterocycles. The topological polar surface area (TPSA) is 138 Å². The number of rotatable bonds is 18. The highest BCUT2D eigenvalue weighted by Gasteiger charge is 2.56. The summed E-state index contributed by atoms with van der Waals surface area (Å²) in [7, 11) is 4.09. The Kier molecular flexibility index (Phi) is 13.6. The lowest BCUT2D eigenvalue weighted by Gasteiger charge is -2.32. The van der Waals surface area contributed by atoms with E-state index in [1.165, 1.54) is 0 Å². The zero-order valence-corrected chi connectivity index (χ0v) is 44.2. The van der Waals surface area contributed by atoms with Crippen LogP contribution in [-0.4, -0.2) is 124 Å². The Morgan fingerprint density at radius 1 is 0.627 bits per heavy atom. The zero-order chi connectivity index (χ0) is 52.3. The van der Waals surface area contributed by atoms with Crippen LogP contribution in [0, 0.1) is 6.92 Å². The predicted molar refractivity (Wildman–Crippen MR) is 302 cm³/mol. The van der Waals surface area contributed by atoms with E-state index in [2.05, 4.69) is 88.1 Å². The highest BCUT2D eigenvalue weighted by Crippen LogP contribution is 2.47. The normalized spacial score (nSPS) is 14.9. The molecule has 75 heavy (non-hydrogen) atoms. The summed E-state index contributed by atoms with van der Waals surface area (Å²) >= 11 is 14.2. The van der Waals surface area contributed by atoms with Gasteiger partial charge in [0.05, 0.1) is 43.6 Å². The van der Waals surface area contributed by atoms with Gasteiger partial charge in [0.1, 0.15) is 16.4 Å². The lowest BCUT2D eigenvalue weighted by atomic mass is 9.86. The van der Waals surface area contributed by atoms with Crippen molar-refractivity contribution in [2.75, 3.05) is 53.4 Å². The number of aromatic nitrogens is 9. The first-order valence-electron chi connectivity index (χ1n) is 25.4. The minimum absolute atomic E-state index is 0.218. The quantitative estimate of drug-likeness (QED) is 0.0812. The third kappa shape index (κ3) is 9.04. The molecule has 0 saturated heterocycles. The summed E-state index contributed by atoms with van der Waals surface area (Å²) in [5.41, 5.74) is 22.0. The molecule has 0 atom stereocenters. The van der Waals surface area contributed by atoms with Crippen LogP contribution in [0.25, 0.3) is 67.4 Å². The van der Waals surface area contributed by atoms with E-state index in [0.29, 0.717) is 67.4 Å². The minimum Gasteiger partial charge on any atom is -0.389 e. The van der Waals surface area contributed by atoms with Gasteiger partial charge in [-0.3, -0.25) is 9.36 Å². The molecule has 11 rings (SSSR count). The molecule has 5 aromatic heterocycles. The second kappa shape index (κ2) is 20.3. The largest absolute Gasteiger partial charge is 0.738 e. The van der Waals surface area contributed by atoms with Gasteiger partial charge in [0, 0.05) is 111 Å². The van der Waals surface area contributed by atoms with Gasteiger partial charge in [0.2, 0.25) is 0 Å². The van der Waals surface area contributed by atoms with Crippen molar-refractivity contribution in [1.29, 1.82) is 0 Å². The average molecular weight is 1050 g/mol. The molecule has 2 aliphatic rings. The van der Waals surface area contributed by atoms with Crippen molar-refractivity contribution in [3.8, 4) is 0 Å². The van der Waals surface area contributed by atoms with Crippen molar-refractivity contribution < 1.29 is 13.1 Å². The first kappa shape index (κ1) is 50.2. The predicted octanol–water partition coefficient (Wildman–Crippen LogP) is 9.56. The Morgan fingerprint density at radius 3 is 1.64 bits per heavy atom. The number of nitrogens with two attached hydrogens (primary N) is 2. The van der Waals surface area contributed by atoms with Crippen LogP contribution in [0.5, 0.6) is 0 Å². The molecule has 19 heteroatoms. The molecule has 0 amide bonds. The minimum atomic E-state index is -4.51. The maximum absolute atomic E-state index is 17.8. The van der Waals surface area contributed by atoms with Crippen molar-refractivity contribution >= 4 is 103 Å². The van der Waals surface area contributed by atoms with E-state index in [1.807, 2.05) is 91.3 Å². The molecule has 0 unspecified atom stereocenters. The average Bonchev–Trinajstić information content (AvgIpc) is 4.30. The number of para-hydroxylation sites is 2. The van der Waals surface area contributed by atoms with Crippen LogP contribution in [0.4, 0.5) is 8.63 Å². The first-order chi connectivity index (χ1) is 36.2. The lowest BCUT2D eigenvalue weighted by Crippen LogP contribution is -2.51. The number of hydrogen-bond acceptors (Lipinski definition) is 8. The Balaban J connectivity index is 0.899. The molecular formula is C56H59BCl2F2N14. The molecule has 384 valence electrons. The zero-order valence-electron chi connectivity index (χ0n) is 42.7. The molecule has 0 radical (unpaired) electrons. The Morgan fingerprint density at radius 2 is 1.12 bits per heavy atom.